The van der Waals surface area contributed by atoms with Crippen molar-refractivity contribution >= 4 is 65.4 Å². The monoisotopic (exact) mass is 586 g/mol. The molecule has 0 aliphatic heterocycles. The van der Waals surface area contributed by atoms with Gasteiger partial charge in [0.15, 0.2) is 0 Å². The van der Waals surface area contributed by atoms with E-state index >= 15 is 0 Å². The lowest BCUT2D eigenvalue weighted by Gasteiger charge is -2.04. The lowest BCUT2D eigenvalue weighted by atomic mass is 9.98. The molecule has 2 nitrogen and oxygen atoms in total. The highest BCUT2D eigenvalue weighted by Crippen LogP contribution is 2.40. The van der Waals surface area contributed by atoms with E-state index < -0.39 is 0 Å². The first-order chi connectivity index (χ1) is 22.8. The minimum atomic E-state index is 0.886. The van der Waals surface area contributed by atoms with Crippen LogP contribution in [0.15, 0.2) is 167 Å². The largest absolute Gasteiger partial charge is 0.455 e. The highest BCUT2D eigenvalue weighted by molar-refractivity contribution is 6.17. The van der Waals surface area contributed by atoms with Gasteiger partial charge in [-0.05, 0) is 105 Å². The van der Waals surface area contributed by atoms with Crippen molar-refractivity contribution in [2.75, 3.05) is 0 Å². The van der Waals surface area contributed by atoms with E-state index in [9.17, 15) is 0 Å². The summed E-state index contributed by atoms with van der Waals surface area (Å²) >= 11 is 0. The van der Waals surface area contributed by atoms with Crippen LogP contribution in [-0.4, -0.2) is 0 Å². The summed E-state index contributed by atoms with van der Waals surface area (Å²) in [6.45, 7) is 0. The third-order valence-electron chi connectivity index (χ3n) is 9.46. The molecule has 0 fully saturated rings. The smallest absolute Gasteiger partial charge is 0.143 e. The van der Waals surface area contributed by atoms with Crippen molar-refractivity contribution in [3.63, 3.8) is 0 Å². The van der Waals surface area contributed by atoms with E-state index in [1.54, 1.807) is 0 Å². The Morgan fingerprint density at radius 2 is 0.630 bits per heavy atom. The van der Waals surface area contributed by atoms with Crippen molar-refractivity contribution in [1.29, 1.82) is 0 Å². The van der Waals surface area contributed by atoms with Crippen molar-refractivity contribution < 1.29 is 8.83 Å². The Bertz CT molecular complexity index is 2590. The first-order valence-electron chi connectivity index (χ1n) is 15.7. The van der Waals surface area contributed by atoms with E-state index in [1.807, 2.05) is 0 Å². The fourth-order valence-corrected chi connectivity index (χ4v) is 7.10. The standard InChI is InChI=1S/C44H26O2/c1-3-7-27(8-4-1)29-11-17-35-33(23-29)15-21-39-37-19-13-31(25-41(37)45-43(35)39)32-14-20-38-40-22-16-34-24-30(28-9-5-2-6-10-28)12-18-36(34)44(40)46-42(38)26-32/h1-26H. The number of furan rings is 2. The predicted octanol–water partition coefficient (Wildman–Crippen LogP) is 12.8. The molecule has 2 heteroatoms. The normalized spacial score (nSPS) is 11.9. The Hall–Kier alpha value is -6.12. The number of hydrogen-bond donors (Lipinski definition) is 0. The second-order valence-corrected chi connectivity index (χ2v) is 12.1. The van der Waals surface area contributed by atoms with E-state index in [0.29, 0.717) is 0 Å². The molecule has 2 heterocycles. The van der Waals surface area contributed by atoms with E-state index in [4.69, 9.17) is 8.83 Å². The van der Waals surface area contributed by atoms with E-state index in [1.165, 1.54) is 33.0 Å². The molecule has 0 saturated heterocycles. The average molecular weight is 587 g/mol. The van der Waals surface area contributed by atoms with Crippen molar-refractivity contribution in [3.05, 3.63) is 158 Å². The fraction of sp³-hybridized carbons (Fsp3) is 0. The second-order valence-electron chi connectivity index (χ2n) is 12.1. The molecular weight excluding hydrogens is 560 g/mol. The maximum absolute atomic E-state index is 6.58. The second kappa shape index (κ2) is 9.69. The van der Waals surface area contributed by atoms with Crippen LogP contribution in [0.1, 0.15) is 0 Å². The zero-order chi connectivity index (χ0) is 30.2. The highest BCUT2D eigenvalue weighted by Gasteiger charge is 2.15. The zero-order valence-electron chi connectivity index (χ0n) is 24.8. The summed E-state index contributed by atoms with van der Waals surface area (Å²) in [5, 5.41) is 9.12. The first kappa shape index (κ1) is 25.2. The Balaban J connectivity index is 1.06. The highest BCUT2D eigenvalue weighted by atomic mass is 16.3. The molecule has 214 valence electrons. The Labute approximate surface area is 264 Å². The molecule has 0 atom stereocenters. The lowest BCUT2D eigenvalue weighted by molar-refractivity contribution is 0.672. The Morgan fingerprint density at radius 1 is 0.261 bits per heavy atom. The van der Waals surface area contributed by atoms with Crippen LogP contribution in [0.25, 0.3) is 98.8 Å². The minimum absolute atomic E-state index is 0.886. The maximum Gasteiger partial charge on any atom is 0.143 e. The first-order valence-corrected chi connectivity index (χ1v) is 15.7. The number of rotatable bonds is 3. The van der Waals surface area contributed by atoms with Crippen LogP contribution in [0.4, 0.5) is 0 Å². The quantitative estimate of drug-likeness (QED) is 0.206. The summed E-state index contributed by atoms with van der Waals surface area (Å²) in [7, 11) is 0. The van der Waals surface area contributed by atoms with Gasteiger partial charge in [-0.1, -0.05) is 97.1 Å². The van der Waals surface area contributed by atoms with Crippen LogP contribution in [0, 0.1) is 0 Å². The van der Waals surface area contributed by atoms with Gasteiger partial charge in [0, 0.05) is 32.3 Å². The maximum atomic E-state index is 6.58. The molecule has 8 aromatic carbocycles. The molecule has 0 amide bonds. The minimum Gasteiger partial charge on any atom is -0.455 e. The fourth-order valence-electron chi connectivity index (χ4n) is 7.10. The van der Waals surface area contributed by atoms with Gasteiger partial charge in [0.25, 0.3) is 0 Å². The summed E-state index contributed by atoms with van der Waals surface area (Å²) in [6, 6.07) is 56.1. The molecule has 0 unspecified atom stereocenters. The predicted molar refractivity (Wildman–Crippen MR) is 192 cm³/mol. The topological polar surface area (TPSA) is 26.3 Å². The molecule has 0 aliphatic rings. The van der Waals surface area contributed by atoms with Gasteiger partial charge in [-0.3, -0.25) is 0 Å². The van der Waals surface area contributed by atoms with Crippen LogP contribution in [0.3, 0.4) is 0 Å². The molecule has 0 N–H and O–H groups in total. The van der Waals surface area contributed by atoms with E-state index in [0.717, 1.165) is 65.8 Å². The van der Waals surface area contributed by atoms with Crippen molar-refractivity contribution in [1.82, 2.24) is 0 Å². The summed E-state index contributed by atoms with van der Waals surface area (Å²) in [6.07, 6.45) is 0. The molecule has 2 aromatic heterocycles. The summed E-state index contributed by atoms with van der Waals surface area (Å²) in [5.74, 6) is 0. The van der Waals surface area contributed by atoms with Crippen LogP contribution < -0.4 is 0 Å². The Kier molecular flexibility index (Phi) is 5.31. The number of benzene rings is 8. The van der Waals surface area contributed by atoms with Gasteiger partial charge < -0.3 is 8.83 Å². The SMILES string of the molecule is c1ccc(-c2ccc3c(ccc4c5ccc(-c6ccc7c(c6)oc6c8ccc(-c9ccccc9)cc8ccc76)cc5oc34)c2)cc1. The summed E-state index contributed by atoms with van der Waals surface area (Å²) in [4.78, 5) is 0. The van der Waals surface area contributed by atoms with Crippen molar-refractivity contribution in [2.24, 2.45) is 0 Å². The van der Waals surface area contributed by atoms with Gasteiger partial charge in [0.1, 0.15) is 22.3 Å². The van der Waals surface area contributed by atoms with Crippen LogP contribution in [-0.2, 0) is 0 Å². The molecule has 46 heavy (non-hydrogen) atoms. The third kappa shape index (κ3) is 3.84. The van der Waals surface area contributed by atoms with Gasteiger partial charge in [0.2, 0.25) is 0 Å². The summed E-state index contributed by atoms with van der Waals surface area (Å²) in [5.41, 5.74) is 10.7. The average Bonchev–Trinajstić information content (AvgIpc) is 3.70. The van der Waals surface area contributed by atoms with Gasteiger partial charge in [-0.15, -0.1) is 0 Å². The summed E-state index contributed by atoms with van der Waals surface area (Å²) < 4.78 is 13.2. The van der Waals surface area contributed by atoms with Gasteiger partial charge >= 0.3 is 0 Å². The van der Waals surface area contributed by atoms with Crippen LogP contribution in [0.2, 0.25) is 0 Å². The molecule has 0 bridgehead atoms. The van der Waals surface area contributed by atoms with Gasteiger partial charge in [-0.25, -0.2) is 0 Å². The van der Waals surface area contributed by atoms with E-state index in [2.05, 4.69) is 158 Å². The van der Waals surface area contributed by atoms with Gasteiger partial charge in [-0.2, -0.15) is 0 Å². The molecule has 0 spiro atoms. The lowest BCUT2D eigenvalue weighted by Crippen LogP contribution is -1.79. The zero-order valence-corrected chi connectivity index (χ0v) is 24.8. The number of fused-ring (bicyclic) bond motifs is 10. The van der Waals surface area contributed by atoms with Gasteiger partial charge in [0.05, 0.1) is 0 Å². The Morgan fingerprint density at radius 3 is 1.07 bits per heavy atom. The van der Waals surface area contributed by atoms with Crippen molar-refractivity contribution in [3.8, 4) is 33.4 Å². The molecular formula is C44H26O2. The molecule has 0 saturated carbocycles. The molecule has 0 aliphatic carbocycles. The van der Waals surface area contributed by atoms with E-state index in [-0.39, 0.29) is 0 Å². The van der Waals surface area contributed by atoms with Crippen LogP contribution >= 0.6 is 0 Å². The van der Waals surface area contributed by atoms with Crippen LogP contribution in [0.5, 0.6) is 0 Å². The third-order valence-corrected chi connectivity index (χ3v) is 9.46. The number of hydrogen-bond acceptors (Lipinski definition) is 2. The van der Waals surface area contributed by atoms with Crippen molar-refractivity contribution in [2.45, 2.75) is 0 Å². The molecule has 0 radical (unpaired) electrons. The molecule has 10 aromatic rings. The molecule has 10 rings (SSSR count).